The molecule has 0 bridgehead atoms. The van der Waals surface area contributed by atoms with E-state index in [2.05, 4.69) is 21.2 Å². The Hall–Kier alpha value is -4.60. The van der Waals surface area contributed by atoms with Gasteiger partial charge in [-0.1, -0.05) is 60.1 Å². The number of carbonyl (C=O) groups is 1. The molecule has 216 valence electrons. The number of allylic oxidation sites excluding steroid dienone is 1. The van der Waals surface area contributed by atoms with E-state index in [-0.39, 0.29) is 11.4 Å². The number of methoxy groups -OCH3 is 1. The summed E-state index contributed by atoms with van der Waals surface area (Å²) in [5, 5.41) is 17.3. The molecule has 0 fully saturated rings. The minimum absolute atomic E-state index is 0.0314. The summed E-state index contributed by atoms with van der Waals surface area (Å²) in [5.74, 6) is 0.831. The number of aliphatic imine (C=N–C) groups is 1. The third-order valence-corrected chi connectivity index (χ3v) is 8.58. The van der Waals surface area contributed by atoms with Gasteiger partial charge in [0.15, 0.2) is 17.3 Å². The largest absolute Gasteiger partial charge is 0.493 e. The molecule has 0 unspecified atom stereocenters. The fourth-order valence-corrected chi connectivity index (χ4v) is 6.39. The van der Waals surface area contributed by atoms with E-state index >= 15 is 0 Å². The first-order valence-electron chi connectivity index (χ1n) is 13.6. The fraction of sp³-hybridized carbons (Fsp3) is 0.152. The molecule has 2 aliphatic rings. The molecule has 10 heteroatoms. The minimum atomic E-state index is -0.481. The Bertz CT molecular complexity index is 1890. The van der Waals surface area contributed by atoms with Crippen LogP contribution in [0.2, 0.25) is 5.02 Å². The van der Waals surface area contributed by atoms with Crippen molar-refractivity contribution >= 4 is 62.3 Å². The molecule has 8 nitrogen and oxygen atoms in total. The highest BCUT2D eigenvalue weighted by molar-refractivity contribution is 8.27. The summed E-state index contributed by atoms with van der Waals surface area (Å²) in [6, 6.07) is 21.2. The Kier molecular flexibility index (Phi) is 7.92. The first-order chi connectivity index (χ1) is 20.9. The molecule has 1 aromatic heterocycles. The summed E-state index contributed by atoms with van der Waals surface area (Å²) in [4.78, 5) is 17.5. The Morgan fingerprint density at radius 2 is 1.88 bits per heavy atom. The molecular weight excluding hydrogens is 582 g/mol. The molecule has 4 aromatic rings. The number of nitrogens with zero attached hydrogens (tertiary/aromatic N) is 4. The topological polar surface area (TPSA) is 92.3 Å². The number of nitrogens with one attached hydrogen (secondary N) is 1. The molecular formula is C33H28ClN5O3S. The van der Waals surface area contributed by atoms with Crippen LogP contribution in [0, 0.1) is 12.3 Å². The monoisotopic (exact) mass is 609 g/mol. The zero-order valence-electron chi connectivity index (χ0n) is 23.6. The lowest BCUT2D eigenvalue weighted by molar-refractivity contribution is -0.114. The van der Waals surface area contributed by atoms with Crippen LogP contribution in [0.1, 0.15) is 22.4 Å². The number of benzene rings is 3. The van der Waals surface area contributed by atoms with Crippen LogP contribution in [0.15, 0.2) is 95.1 Å². The molecule has 0 saturated heterocycles. The number of carbonyl (C=O) groups excluding carboxylic acids is 1. The van der Waals surface area contributed by atoms with Crippen LogP contribution < -0.4 is 9.47 Å². The van der Waals surface area contributed by atoms with Crippen LogP contribution >= 0.6 is 23.4 Å². The van der Waals surface area contributed by atoms with Crippen molar-refractivity contribution in [1.82, 2.24) is 9.58 Å². The highest BCUT2D eigenvalue weighted by Gasteiger charge is 2.36. The predicted octanol–water partition coefficient (Wildman–Crippen LogP) is 7.09. The maximum absolute atomic E-state index is 13.2. The number of aromatic nitrogens is 1. The number of amidine groups is 2. The lowest BCUT2D eigenvalue weighted by atomic mass is 10.1. The van der Waals surface area contributed by atoms with E-state index in [1.165, 1.54) is 16.8 Å². The van der Waals surface area contributed by atoms with Crippen LogP contribution in [0.25, 0.3) is 17.0 Å². The van der Waals surface area contributed by atoms with Gasteiger partial charge in [0.1, 0.15) is 11.7 Å². The predicted molar refractivity (Wildman–Crippen MR) is 175 cm³/mol. The second kappa shape index (κ2) is 11.9. The standard InChI is InChI=1S/C33H28ClN5O3S/c1-4-9-21-14-15-28(29(18-21)41-3)42-17-16-38-20(2)24(22-10-6-8-13-27(22)38)19-25-30(35)39-33(36-31(25)40)43-32(37-39)23-11-5-7-12-26(23)34/h4-8,10-15,18-19,35H,1,9,16-17H2,2-3H3/b25-19-,35-30?. The van der Waals surface area contributed by atoms with Crippen molar-refractivity contribution in [3.05, 3.63) is 112 Å². The van der Waals surface area contributed by atoms with Crippen LogP contribution in [-0.2, 0) is 17.8 Å². The highest BCUT2D eigenvalue weighted by atomic mass is 35.5. The number of hydrazone groups is 1. The van der Waals surface area contributed by atoms with Crippen molar-refractivity contribution in [3.63, 3.8) is 0 Å². The smallest absolute Gasteiger partial charge is 0.283 e. The number of rotatable bonds is 9. The first kappa shape index (κ1) is 28.5. The number of para-hydroxylation sites is 1. The molecule has 0 saturated carbocycles. The zero-order valence-corrected chi connectivity index (χ0v) is 25.2. The van der Waals surface area contributed by atoms with Gasteiger partial charge in [-0.2, -0.15) is 15.1 Å². The van der Waals surface area contributed by atoms with E-state index < -0.39 is 5.91 Å². The van der Waals surface area contributed by atoms with Gasteiger partial charge in [0, 0.05) is 27.7 Å². The van der Waals surface area contributed by atoms with Gasteiger partial charge in [-0.25, -0.2) is 0 Å². The third kappa shape index (κ3) is 5.37. The van der Waals surface area contributed by atoms with Gasteiger partial charge in [0.05, 0.1) is 24.3 Å². The van der Waals surface area contributed by atoms with Crippen LogP contribution in [0.5, 0.6) is 11.5 Å². The van der Waals surface area contributed by atoms with E-state index in [1.54, 1.807) is 19.3 Å². The van der Waals surface area contributed by atoms with Crippen molar-refractivity contribution in [2.75, 3.05) is 13.7 Å². The summed E-state index contributed by atoms with van der Waals surface area (Å²) in [6.07, 6.45) is 4.35. The number of thioether (sulfide) groups is 1. The number of halogens is 1. The third-order valence-electron chi connectivity index (χ3n) is 7.31. The summed E-state index contributed by atoms with van der Waals surface area (Å²) in [6.45, 7) is 6.77. The van der Waals surface area contributed by atoms with Crippen LogP contribution in [-0.4, -0.2) is 45.2 Å². The maximum atomic E-state index is 13.2. The summed E-state index contributed by atoms with van der Waals surface area (Å²) in [5.41, 5.74) is 4.77. The Morgan fingerprint density at radius 1 is 1.09 bits per heavy atom. The normalized spacial score (nSPS) is 15.5. The minimum Gasteiger partial charge on any atom is -0.493 e. The Labute approximate surface area is 258 Å². The second-order valence-corrected chi connectivity index (χ2v) is 11.3. The van der Waals surface area contributed by atoms with Crippen molar-refractivity contribution in [3.8, 4) is 11.5 Å². The first-order valence-corrected chi connectivity index (χ1v) is 14.8. The lowest BCUT2D eigenvalue weighted by Crippen LogP contribution is -2.35. The van der Waals surface area contributed by atoms with Gasteiger partial charge < -0.3 is 14.0 Å². The average molecular weight is 610 g/mol. The highest BCUT2D eigenvalue weighted by Crippen LogP contribution is 2.35. The van der Waals surface area contributed by atoms with Crippen molar-refractivity contribution in [2.24, 2.45) is 10.1 Å². The summed E-state index contributed by atoms with van der Waals surface area (Å²) < 4.78 is 13.8. The molecule has 0 aliphatic carbocycles. The molecule has 2 aliphatic heterocycles. The van der Waals surface area contributed by atoms with E-state index in [0.717, 1.165) is 39.7 Å². The molecule has 1 amide bonds. The van der Waals surface area contributed by atoms with Gasteiger partial charge in [0.2, 0.25) is 5.17 Å². The zero-order chi connectivity index (χ0) is 30.1. The van der Waals surface area contributed by atoms with Crippen molar-refractivity contribution in [2.45, 2.75) is 19.9 Å². The van der Waals surface area contributed by atoms with E-state index in [0.29, 0.717) is 39.9 Å². The number of amides is 1. The molecule has 3 aromatic carbocycles. The van der Waals surface area contributed by atoms with E-state index in [4.69, 9.17) is 26.5 Å². The van der Waals surface area contributed by atoms with Crippen molar-refractivity contribution < 1.29 is 14.3 Å². The van der Waals surface area contributed by atoms with Gasteiger partial charge in [-0.05, 0) is 61.0 Å². The molecule has 0 spiro atoms. The van der Waals surface area contributed by atoms with Gasteiger partial charge >= 0.3 is 0 Å². The molecule has 43 heavy (non-hydrogen) atoms. The SMILES string of the molecule is C=CCc1ccc(OCCn2c(C)c(/C=C3/C(=N)N4N=C(c5ccccc5Cl)SC4=NC3=O)c3ccccc32)c(OC)c1. The molecule has 0 atom stereocenters. The molecule has 3 heterocycles. The van der Waals surface area contributed by atoms with Gasteiger partial charge in [-0.3, -0.25) is 10.2 Å². The van der Waals surface area contributed by atoms with E-state index in [9.17, 15) is 4.79 Å². The average Bonchev–Trinajstić information content (AvgIpc) is 3.55. The van der Waals surface area contributed by atoms with Crippen molar-refractivity contribution in [1.29, 1.82) is 5.41 Å². The van der Waals surface area contributed by atoms with Gasteiger partial charge in [-0.15, -0.1) is 6.58 Å². The molecule has 6 rings (SSSR count). The quantitative estimate of drug-likeness (QED) is 0.162. The lowest BCUT2D eigenvalue weighted by Gasteiger charge is -2.20. The number of hydrogen-bond acceptors (Lipinski definition) is 6. The van der Waals surface area contributed by atoms with Crippen LogP contribution in [0.4, 0.5) is 0 Å². The van der Waals surface area contributed by atoms with E-state index in [1.807, 2.05) is 73.7 Å². The Morgan fingerprint density at radius 3 is 2.67 bits per heavy atom. The summed E-state index contributed by atoms with van der Waals surface area (Å²) >= 11 is 7.60. The summed E-state index contributed by atoms with van der Waals surface area (Å²) in [7, 11) is 1.63. The maximum Gasteiger partial charge on any atom is 0.283 e. The number of ether oxygens (including phenoxy) is 2. The van der Waals surface area contributed by atoms with Crippen LogP contribution in [0.3, 0.4) is 0 Å². The molecule has 1 N–H and O–H groups in total. The van der Waals surface area contributed by atoms with Gasteiger partial charge in [0.25, 0.3) is 5.91 Å². The number of fused-ring (bicyclic) bond motifs is 2. The fourth-order valence-electron chi connectivity index (χ4n) is 5.18. The Balaban J connectivity index is 1.29. The number of hydrogen-bond donors (Lipinski definition) is 1. The molecule has 0 radical (unpaired) electrons. The second-order valence-electron chi connectivity index (χ2n) is 9.90.